The van der Waals surface area contributed by atoms with Gasteiger partial charge in [0.05, 0.1) is 20.6 Å². The minimum absolute atomic E-state index is 0.627. The first-order valence-corrected chi connectivity index (χ1v) is 8.66. The van der Waals surface area contributed by atoms with E-state index in [1.54, 1.807) is 11.3 Å². The molecule has 0 unspecified atom stereocenters. The summed E-state index contributed by atoms with van der Waals surface area (Å²) in [6, 6.07) is 6.09. The van der Waals surface area contributed by atoms with Crippen molar-refractivity contribution in [1.82, 2.24) is 4.98 Å². The minimum atomic E-state index is -0.716. The van der Waals surface area contributed by atoms with Crippen LogP contribution < -0.4 is 0 Å². The van der Waals surface area contributed by atoms with Crippen molar-refractivity contribution in [3.63, 3.8) is 0 Å². The summed E-state index contributed by atoms with van der Waals surface area (Å²) in [4.78, 5) is 16.9. The Hall–Kier alpha value is -1.42. The number of thiazole rings is 1. The standard InChI is InChI=1S/C17H19NO2S/c19-16(20)17(9-2-1-3-10-17)12-5-4-6-13-14(12)18-15(21-13)11-7-8-11/h4-6,11H,1-3,7-10H2,(H,19,20). The summed E-state index contributed by atoms with van der Waals surface area (Å²) in [6.07, 6.45) is 7.12. The van der Waals surface area contributed by atoms with Gasteiger partial charge in [0.2, 0.25) is 0 Å². The lowest BCUT2D eigenvalue weighted by atomic mass is 9.69. The van der Waals surface area contributed by atoms with E-state index in [2.05, 4.69) is 6.07 Å². The van der Waals surface area contributed by atoms with Crippen molar-refractivity contribution in [2.75, 3.05) is 0 Å². The molecule has 3 nitrogen and oxygen atoms in total. The van der Waals surface area contributed by atoms with E-state index in [1.165, 1.54) is 17.8 Å². The van der Waals surface area contributed by atoms with E-state index in [0.717, 1.165) is 47.9 Å². The third kappa shape index (κ3) is 2.08. The molecule has 0 radical (unpaired) electrons. The lowest BCUT2D eigenvalue weighted by molar-refractivity contribution is -0.145. The van der Waals surface area contributed by atoms with E-state index in [4.69, 9.17) is 4.98 Å². The number of hydrogen-bond donors (Lipinski definition) is 1. The van der Waals surface area contributed by atoms with Crippen LogP contribution in [-0.2, 0) is 10.2 Å². The number of carbonyl (C=O) groups is 1. The second-order valence-electron chi connectivity index (χ2n) is 6.43. The molecule has 1 aromatic carbocycles. The number of aliphatic carboxylic acids is 1. The van der Waals surface area contributed by atoms with Gasteiger partial charge in [-0.3, -0.25) is 4.79 Å². The molecule has 4 heteroatoms. The predicted molar refractivity (Wildman–Crippen MR) is 84.0 cm³/mol. The number of nitrogens with zero attached hydrogens (tertiary/aromatic N) is 1. The molecule has 0 spiro atoms. The predicted octanol–water partition coefficient (Wildman–Crippen LogP) is 4.46. The van der Waals surface area contributed by atoms with Crippen molar-refractivity contribution in [3.8, 4) is 0 Å². The highest BCUT2D eigenvalue weighted by molar-refractivity contribution is 7.18. The van der Waals surface area contributed by atoms with Crippen LogP contribution >= 0.6 is 11.3 Å². The van der Waals surface area contributed by atoms with Crippen LogP contribution in [0.5, 0.6) is 0 Å². The molecule has 1 heterocycles. The first-order chi connectivity index (χ1) is 10.2. The number of carboxylic acids is 1. The molecule has 2 saturated carbocycles. The zero-order chi connectivity index (χ0) is 14.4. The quantitative estimate of drug-likeness (QED) is 0.910. The SMILES string of the molecule is O=C(O)C1(c2cccc3sc(C4CC4)nc23)CCCCC1. The molecule has 2 aliphatic carbocycles. The highest BCUT2D eigenvalue weighted by Gasteiger charge is 2.43. The lowest BCUT2D eigenvalue weighted by Gasteiger charge is -2.33. The molecular weight excluding hydrogens is 282 g/mol. The number of carboxylic acid groups (broad SMARTS) is 1. The van der Waals surface area contributed by atoms with Crippen molar-refractivity contribution in [1.29, 1.82) is 0 Å². The molecule has 1 aromatic heterocycles. The van der Waals surface area contributed by atoms with Crippen LogP contribution in [0.1, 0.15) is 61.4 Å². The maximum Gasteiger partial charge on any atom is 0.314 e. The molecule has 0 saturated heterocycles. The minimum Gasteiger partial charge on any atom is -0.481 e. The highest BCUT2D eigenvalue weighted by atomic mass is 32.1. The Morgan fingerprint density at radius 3 is 2.67 bits per heavy atom. The van der Waals surface area contributed by atoms with Crippen LogP contribution in [-0.4, -0.2) is 16.1 Å². The van der Waals surface area contributed by atoms with Crippen LogP contribution in [0, 0.1) is 0 Å². The molecule has 0 atom stereocenters. The third-order valence-electron chi connectivity index (χ3n) is 4.99. The lowest BCUT2D eigenvalue weighted by Crippen LogP contribution is -2.38. The summed E-state index contributed by atoms with van der Waals surface area (Å²) in [5.74, 6) is -0.0435. The zero-order valence-electron chi connectivity index (χ0n) is 12.0. The van der Waals surface area contributed by atoms with Gasteiger partial charge in [-0.05, 0) is 37.3 Å². The Morgan fingerprint density at radius 1 is 1.24 bits per heavy atom. The number of hydrogen-bond acceptors (Lipinski definition) is 3. The van der Waals surface area contributed by atoms with E-state index in [-0.39, 0.29) is 0 Å². The average molecular weight is 301 g/mol. The third-order valence-corrected chi connectivity index (χ3v) is 6.18. The van der Waals surface area contributed by atoms with Crippen molar-refractivity contribution in [3.05, 3.63) is 28.8 Å². The Morgan fingerprint density at radius 2 is 2.00 bits per heavy atom. The molecule has 0 bridgehead atoms. The van der Waals surface area contributed by atoms with Gasteiger partial charge in [0.1, 0.15) is 0 Å². The smallest absolute Gasteiger partial charge is 0.314 e. The van der Waals surface area contributed by atoms with Gasteiger partial charge in [-0.2, -0.15) is 0 Å². The Balaban J connectivity index is 1.89. The maximum absolute atomic E-state index is 12.0. The van der Waals surface area contributed by atoms with E-state index in [1.807, 2.05) is 12.1 Å². The molecule has 0 amide bonds. The zero-order valence-corrected chi connectivity index (χ0v) is 12.8. The van der Waals surface area contributed by atoms with Gasteiger partial charge < -0.3 is 5.11 Å². The van der Waals surface area contributed by atoms with Gasteiger partial charge >= 0.3 is 5.97 Å². The Kier molecular flexibility index (Phi) is 3.03. The van der Waals surface area contributed by atoms with Crippen LogP contribution in [0.15, 0.2) is 18.2 Å². The molecule has 2 aliphatic rings. The van der Waals surface area contributed by atoms with E-state index in [9.17, 15) is 9.90 Å². The largest absolute Gasteiger partial charge is 0.481 e. The fraction of sp³-hybridized carbons (Fsp3) is 0.529. The van der Waals surface area contributed by atoms with Gasteiger partial charge in [-0.25, -0.2) is 4.98 Å². The van der Waals surface area contributed by atoms with Crippen molar-refractivity contribution in [2.45, 2.75) is 56.3 Å². The second kappa shape index (κ2) is 4.80. The van der Waals surface area contributed by atoms with Crippen LogP contribution in [0.25, 0.3) is 10.2 Å². The Labute approximate surface area is 128 Å². The number of fused-ring (bicyclic) bond motifs is 1. The number of para-hydroxylation sites is 1. The first-order valence-electron chi connectivity index (χ1n) is 7.84. The maximum atomic E-state index is 12.0. The monoisotopic (exact) mass is 301 g/mol. The van der Waals surface area contributed by atoms with E-state index >= 15 is 0 Å². The number of aromatic nitrogens is 1. The molecule has 1 N–H and O–H groups in total. The summed E-state index contributed by atoms with van der Waals surface area (Å²) in [6.45, 7) is 0. The van der Waals surface area contributed by atoms with Crippen LogP contribution in [0.4, 0.5) is 0 Å². The van der Waals surface area contributed by atoms with Gasteiger partial charge in [-0.1, -0.05) is 31.4 Å². The normalized spacial score (nSPS) is 21.5. The van der Waals surface area contributed by atoms with Gasteiger partial charge in [-0.15, -0.1) is 11.3 Å². The van der Waals surface area contributed by atoms with E-state index in [0.29, 0.717) is 5.92 Å². The number of rotatable bonds is 3. The van der Waals surface area contributed by atoms with Gasteiger partial charge in [0, 0.05) is 5.92 Å². The molecule has 2 fully saturated rings. The summed E-state index contributed by atoms with van der Waals surface area (Å²) in [5, 5.41) is 11.1. The van der Waals surface area contributed by atoms with Crippen molar-refractivity contribution in [2.24, 2.45) is 0 Å². The van der Waals surface area contributed by atoms with Gasteiger partial charge in [0.25, 0.3) is 0 Å². The fourth-order valence-corrected chi connectivity index (χ4v) is 4.77. The summed E-state index contributed by atoms with van der Waals surface area (Å²) < 4.78 is 1.15. The average Bonchev–Trinajstić information content (AvgIpc) is 3.26. The molecular formula is C17H19NO2S. The first kappa shape index (κ1) is 13.3. The van der Waals surface area contributed by atoms with Crippen molar-refractivity contribution >= 4 is 27.5 Å². The summed E-state index contributed by atoms with van der Waals surface area (Å²) >= 11 is 1.75. The Bertz CT molecular complexity index is 696. The molecule has 21 heavy (non-hydrogen) atoms. The summed E-state index contributed by atoms with van der Waals surface area (Å²) in [5.41, 5.74) is 1.19. The van der Waals surface area contributed by atoms with E-state index < -0.39 is 11.4 Å². The number of benzene rings is 1. The molecule has 110 valence electrons. The van der Waals surface area contributed by atoms with Gasteiger partial charge in [0.15, 0.2) is 0 Å². The topological polar surface area (TPSA) is 50.2 Å². The highest BCUT2D eigenvalue weighted by Crippen LogP contribution is 2.47. The van der Waals surface area contributed by atoms with Crippen molar-refractivity contribution < 1.29 is 9.90 Å². The molecule has 4 rings (SSSR count). The second-order valence-corrected chi connectivity index (χ2v) is 7.49. The van der Waals surface area contributed by atoms with Crippen LogP contribution in [0.2, 0.25) is 0 Å². The summed E-state index contributed by atoms with van der Waals surface area (Å²) in [7, 11) is 0. The fourth-order valence-electron chi connectivity index (χ4n) is 3.61. The molecule has 0 aliphatic heterocycles. The molecule has 2 aromatic rings. The van der Waals surface area contributed by atoms with Crippen LogP contribution in [0.3, 0.4) is 0 Å².